The zero-order valence-corrected chi connectivity index (χ0v) is 16.1. The van der Waals surface area contributed by atoms with Gasteiger partial charge in [0.25, 0.3) is 5.56 Å². The van der Waals surface area contributed by atoms with E-state index in [2.05, 4.69) is 10.4 Å². The molecule has 0 saturated carbocycles. The number of nitrogens with zero attached hydrogens (tertiary/aromatic N) is 2. The Hall–Kier alpha value is -2.99. The topological polar surface area (TPSA) is 64.0 Å². The summed E-state index contributed by atoms with van der Waals surface area (Å²) < 4.78 is 3.22. The van der Waals surface area contributed by atoms with Crippen LogP contribution in [0.3, 0.4) is 0 Å². The van der Waals surface area contributed by atoms with Crippen molar-refractivity contribution in [3.63, 3.8) is 0 Å². The van der Waals surface area contributed by atoms with Gasteiger partial charge in [0, 0.05) is 15.8 Å². The molecule has 5 nitrogen and oxygen atoms in total. The molecule has 0 bridgehead atoms. The number of aromatic nitrogens is 2. The van der Waals surface area contributed by atoms with Gasteiger partial charge in [-0.25, -0.2) is 4.68 Å². The maximum absolute atomic E-state index is 13.1. The number of hydrogen-bond donors (Lipinski definition) is 1. The second-order valence-corrected chi connectivity index (χ2v) is 7.67. The Balaban J connectivity index is 1.80. The molecule has 0 radical (unpaired) electrons. The molecular weight excluding hydrogens is 358 g/mol. The third-order valence-corrected chi connectivity index (χ3v) is 6.03. The molecule has 1 amide bonds. The van der Waals surface area contributed by atoms with E-state index >= 15 is 0 Å². The van der Waals surface area contributed by atoms with Crippen molar-refractivity contribution in [3.8, 4) is 0 Å². The summed E-state index contributed by atoms with van der Waals surface area (Å²) in [5.74, 6) is -0.266. The largest absolute Gasteiger partial charge is 0.324 e. The summed E-state index contributed by atoms with van der Waals surface area (Å²) in [6.45, 7) is 5.50. The van der Waals surface area contributed by atoms with E-state index in [1.165, 1.54) is 4.68 Å². The number of anilines is 1. The van der Waals surface area contributed by atoms with Gasteiger partial charge in [0.1, 0.15) is 6.04 Å². The van der Waals surface area contributed by atoms with Gasteiger partial charge in [-0.1, -0.05) is 36.4 Å². The molecule has 0 aliphatic heterocycles. The third kappa shape index (κ3) is 2.92. The Bertz CT molecular complexity index is 1240. The molecule has 2 heterocycles. The summed E-state index contributed by atoms with van der Waals surface area (Å²) in [4.78, 5) is 25.9. The van der Waals surface area contributed by atoms with E-state index in [9.17, 15) is 9.59 Å². The summed E-state index contributed by atoms with van der Waals surface area (Å²) in [5.41, 5.74) is 2.22. The fourth-order valence-corrected chi connectivity index (χ4v) is 4.34. The summed E-state index contributed by atoms with van der Waals surface area (Å²) in [6.07, 6.45) is 0. The van der Waals surface area contributed by atoms with Crippen molar-refractivity contribution in [2.75, 3.05) is 5.32 Å². The van der Waals surface area contributed by atoms with Crippen LogP contribution in [0.1, 0.15) is 24.2 Å². The van der Waals surface area contributed by atoms with E-state index in [0.29, 0.717) is 5.39 Å². The molecule has 4 rings (SSSR count). The van der Waals surface area contributed by atoms with Gasteiger partial charge in [-0.15, -0.1) is 11.3 Å². The van der Waals surface area contributed by atoms with Gasteiger partial charge in [0.15, 0.2) is 0 Å². The molecule has 1 atom stereocenters. The Labute approximate surface area is 160 Å². The van der Waals surface area contributed by atoms with Crippen LogP contribution in [0.4, 0.5) is 5.69 Å². The monoisotopic (exact) mass is 377 g/mol. The fourth-order valence-electron chi connectivity index (χ4n) is 3.20. The first-order valence-corrected chi connectivity index (χ1v) is 9.56. The first-order valence-electron chi connectivity index (χ1n) is 8.74. The van der Waals surface area contributed by atoms with Crippen molar-refractivity contribution in [2.45, 2.75) is 26.8 Å². The smallest absolute Gasteiger partial charge is 0.276 e. The second-order valence-electron chi connectivity index (χ2n) is 6.62. The second kappa shape index (κ2) is 6.63. The van der Waals surface area contributed by atoms with E-state index in [1.54, 1.807) is 18.3 Å². The summed E-state index contributed by atoms with van der Waals surface area (Å²) >= 11 is 1.56. The number of carbonyl (C=O) groups excluding carboxylic acids is 1. The minimum Gasteiger partial charge on any atom is -0.324 e. The number of amides is 1. The molecule has 0 aliphatic rings. The lowest BCUT2D eigenvalue weighted by molar-refractivity contribution is -0.119. The first-order chi connectivity index (χ1) is 13.0. The summed E-state index contributed by atoms with van der Waals surface area (Å²) in [6, 6.07) is 14.6. The molecule has 2 aromatic heterocycles. The first kappa shape index (κ1) is 17.4. The molecular formula is C21H19N3O2S. The average molecular weight is 377 g/mol. The summed E-state index contributed by atoms with van der Waals surface area (Å²) in [7, 11) is 0. The predicted octanol–water partition coefficient (Wildman–Crippen LogP) is 4.43. The van der Waals surface area contributed by atoms with Gasteiger partial charge in [0.05, 0.1) is 15.8 Å². The molecule has 27 heavy (non-hydrogen) atoms. The maximum Gasteiger partial charge on any atom is 0.276 e. The quantitative estimate of drug-likeness (QED) is 0.574. The van der Waals surface area contributed by atoms with Crippen LogP contribution in [-0.2, 0) is 4.79 Å². The lowest BCUT2D eigenvalue weighted by atomic mass is 10.1. The highest BCUT2D eigenvalue weighted by Crippen LogP contribution is 2.32. The molecule has 1 N–H and O–H groups in total. The van der Waals surface area contributed by atoms with E-state index in [1.807, 2.05) is 62.4 Å². The van der Waals surface area contributed by atoms with Crippen LogP contribution in [-0.4, -0.2) is 15.7 Å². The highest BCUT2D eigenvalue weighted by atomic mass is 32.1. The van der Waals surface area contributed by atoms with E-state index in [4.69, 9.17) is 0 Å². The molecule has 136 valence electrons. The van der Waals surface area contributed by atoms with Crippen molar-refractivity contribution in [1.29, 1.82) is 0 Å². The minimum absolute atomic E-state index is 0.236. The predicted molar refractivity (Wildman–Crippen MR) is 111 cm³/mol. The fraction of sp³-hybridized carbons (Fsp3) is 0.190. The molecule has 0 saturated heterocycles. The lowest BCUT2D eigenvalue weighted by Crippen LogP contribution is -2.34. The third-order valence-electron chi connectivity index (χ3n) is 4.75. The zero-order valence-electron chi connectivity index (χ0n) is 15.3. The highest BCUT2D eigenvalue weighted by Gasteiger charge is 2.22. The molecule has 6 heteroatoms. The van der Waals surface area contributed by atoms with Gasteiger partial charge in [-0.3, -0.25) is 9.59 Å². The molecule has 0 unspecified atom stereocenters. The van der Waals surface area contributed by atoms with Gasteiger partial charge in [-0.05, 0) is 38.5 Å². The number of nitrogens with one attached hydrogen (secondary N) is 1. The molecule has 4 aromatic rings. The molecule has 0 aliphatic carbocycles. The summed E-state index contributed by atoms with van der Waals surface area (Å²) in [5, 5.41) is 8.88. The molecule has 2 aromatic carbocycles. The number of hydrogen-bond acceptors (Lipinski definition) is 4. The minimum atomic E-state index is -0.723. The van der Waals surface area contributed by atoms with Crippen LogP contribution in [0.5, 0.6) is 0 Å². The van der Waals surface area contributed by atoms with Gasteiger partial charge in [0.2, 0.25) is 5.91 Å². The van der Waals surface area contributed by atoms with Crippen LogP contribution < -0.4 is 10.9 Å². The average Bonchev–Trinajstić information content (AvgIpc) is 3.06. The van der Waals surface area contributed by atoms with Gasteiger partial charge >= 0.3 is 0 Å². The lowest BCUT2D eigenvalue weighted by Gasteiger charge is -2.16. The van der Waals surface area contributed by atoms with Crippen LogP contribution in [0.15, 0.2) is 53.3 Å². The van der Waals surface area contributed by atoms with E-state index < -0.39 is 6.04 Å². The standard InChI is InChI=1S/C21H19N3O2S/c1-12-8-4-6-10-16(12)22-20(25)14(3)24-21(26)18-15-9-5-7-11-17(15)27-19(18)13(2)23-24/h4-11,14H,1-3H3,(H,22,25)/t14-/m1/s1. The van der Waals surface area contributed by atoms with Crippen molar-refractivity contribution >= 4 is 43.1 Å². The van der Waals surface area contributed by atoms with Crippen molar-refractivity contribution in [3.05, 3.63) is 70.1 Å². The van der Waals surface area contributed by atoms with Crippen LogP contribution in [0.25, 0.3) is 20.2 Å². The zero-order chi connectivity index (χ0) is 19.1. The van der Waals surface area contributed by atoms with Crippen molar-refractivity contribution < 1.29 is 4.79 Å². The van der Waals surface area contributed by atoms with Gasteiger partial charge < -0.3 is 5.32 Å². The highest BCUT2D eigenvalue weighted by molar-refractivity contribution is 7.26. The van der Waals surface area contributed by atoms with Crippen molar-refractivity contribution in [1.82, 2.24) is 9.78 Å². The van der Waals surface area contributed by atoms with E-state index in [0.717, 1.165) is 31.7 Å². The number of aryl methyl sites for hydroxylation is 2. The number of fused-ring (bicyclic) bond motifs is 3. The number of carbonyl (C=O) groups is 1. The molecule has 0 fully saturated rings. The maximum atomic E-state index is 13.1. The number of para-hydroxylation sites is 1. The van der Waals surface area contributed by atoms with E-state index in [-0.39, 0.29) is 11.5 Å². The Morgan fingerprint density at radius 1 is 1.11 bits per heavy atom. The molecule has 0 spiro atoms. The Morgan fingerprint density at radius 2 is 1.81 bits per heavy atom. The van der Waals surface area contributed by atoms with Crippen molar-refractivity contribution in [2.24, 2.45) is 0 Å². The normalized spacial score (nSPS) is 12.4. The number of rotatable bonds is 3. The number of benzene rings is 2. The van der Waals surface area contributed by atoms with Crippen LogP contribution in [0, 0.1) is 13.8 Å². The Kier molecular flexibility index (Phi) is 4.28. The van der Waals surface area contributed by atoms with Gasteiger partial charge in [-0.2, -0.15) is 5.10 Å². The number of thiophene rings is 1. The van der Waals surface area contributed by atoms with Crippen LogP contribution in [0.2, 0.25) is 0 Å². The van der Waals surface area contributed by atoms with Crippen LogP contribution >= 0.6 is 11.3 Å². The SMILES string of the molecule is Cc1ccccc1NC(=O)[C@@H](C)n1nc(C)c2sc3ccccc3c2c1=O. The Morgan fingerprint density at radius 3 is 2.59 bits per heavy atom.